The number of likely N-dealkylation sites (N-methyl/N-ethyl adjacent to an activating group) is 1. The van der Waals surface area contributed by atoms with Gasteiger partial charge in [-0.25, -0.2) is 4.98 Å². The van der Waals surface area contributed by atoms with Crippen LogP contribution < -0.4 is 25.6 Å². The van der Waals surface area contributed by atoms with Gasteiger partial charge in [0.05, 0.1) is 33.8 Å². The SMILES string of the molecule is CCc1cc(Nc2ncc(Br)c(Nc3ccc4nccnc4c3P(C)(C)=O)n2)c(OC)cc1N1CCC(N2CCN(CC)CC2)CC1. The van der Waals surface area contributed by atoms with Gasteiger partial charge in [0.2, 0.25) is 5.95 Å². The van der Waals surface area contributed by atoms with Crippen LogP contribution in [0.15, 0.2) is 47.3 Å². The average molecular weight is 723 g/mol. The average Bonchev–Trinajstić information content (AvgIpc) is 3.09. The summed E-state index contributed by atoms with van der Waals surface area (Å²) in [6.07, 6.45) is 8.20. The van der Waals surface area contributed by atoms with Crippen molar-refractivity contribution in [1.29, 1.82) is 0 Å². The molecule has 4 heterocycles. The molecule has 0 spiro atoms. The van der Waals surface area contributed by atoms with Crippen molar-refractivity contribution in [2.75, 3.05) is 81.8 Å². The minimum Gasteiger partial charge on any atom is -0.494 e. The first-order chi connectivity index (χ1) is 22.7. The number of piperazine rings is 1. The third-order valence-electron chi connectivity index (χ3n) is 9.35. The number of fused-ring (bicyclic) bond motifs is 1. The molecule has 0 atom stereocenters. The molecule has 2 aromatic carbocycles. The zero-order chi connectivity index (χ0) is 33.1. The largest absolute Gasteiger partial charge is 0.494 e. The molecule has 47 heavy (non-hydrogen) atoms. The Balaban J connectivity index is 1.21. The molecule has 11 nitrogen and oxygen atoms in total. The molecule has 13 heteroatoms. The van der Waals surface area contributed by atoms with Gasteiger partial charge >= 0.3 is 0 Å². The van der Waals surface area contributed by atoms with E-state index >= 15 is 0 Å². The lowest BCUT2D eigenvalue weighted by atomic mass is 9.99. The van der Waals surface area contributed by atoms with Gasteiger partial charge in [-0.2, -0.15) is 4.98 Å². The molecule has 250 valence electrons. The lowest BCUT2D eigenvalue weighted by molar-refractivity contribution is 0.0878. The predicted octanol–water partition coefficient (Wildman–Crippen LogP) is 6.09. The molecule has 0 unspecified atom stereocenters. The molecule has 2 aliphatic heterocycles. The van der Waals surface area contributed by atoms with Crippen LogP contribution in [0.2, 0.25) is 0 Å². The van der Waals surface area contributed by atoms with Crippen LogP contribution in [0, 0.1) is 0 Å². The van der Waals surface area contributed by atoms with Gasteiger partial charge < -0.3 is 29.7 Å². The number of aryl methyl sites for hydroxylation is 1. The maximum Gasteiger partial charge on any atom is 0.229 e. The van der Waals surface area contributed by atoms with Crippen molar-refractivity contribution in [3.05, 3.63) is 52.9 Å². The third kappa shape index (κ3) is 7.41. The Hall–Kier alpha value is -3.31. The Morgan fingerprint density at radius 1 is 0.957 bits per heavy atom. The van der Waals surface area contributed by atoms with Crippen LogP contribution in [-0.2, 0) is 11.0 Å². The molecule has 0 aliphatic carbocycles. The van der Waals surface area contributed by atoms with Crippen LogP contribution in [0.3, 0.4) is 0 Å². The maximum absolute atomic E-state index is 13.4. The summed E-state index contributed by atoms with van der Waals surface area (Å²) >= 11 is 3.59. The monoisotopic (exact) mass is 721 g/mol. The van der Waals surface area contributed by atoms with Gasteiger partial charge in [-0.05, 0) is 78.8 Å². The summed E-state index contributed by atoms with van der Waals surface area (Å²) in [6.45, 7) is 15.9. The van der Waals surface area contributed by atoms with Gasteiger partial charge in [0.1, 0.15) is 24.2 Å². The summed E-state index contributed by atoms with van der Waals surface area (Å²) in [7, 11) is -1.04. The summed E-state index contributed by atoms with van der Waals surface area (Å²) < 4.78 is 20.0. The van der Waals surface area contributed by atoms with Crippen LogP contribution in [0.5, 0.6) is 5.75 Å². The highest BCUT2D eigenvalue weighted by atomic mass is 79.9. The Labute approximate surface area is 286 Å². The van der Waals surface area contributed by atoms with Crippen LogP contribution in [0.4, 0.5) is 28.8 Å². The number of ether oxygens (including phenoxy) is 1. The molecule has 2 saturated heterocycles. The van der Waals surface area contributed by atoms with E-state index < -0.39 is 7.14 Å². The number of rotatable bonds is 10. The molecule has 6 rings (SSSR count). The molecular formula is C34H45BrN9O2P. The van der Waals surface area contributed by atoms with E-state index in [1.165, 1.54) is 50.3 Å². The molecule has 2 fully saturated rings. The van der Waals surface area contributed by atoms with E-state index in [1.807, 2.05) is 12.1 Å². The molecular weight excluding hydrogens is 677 g/mol. The van der Waals surface area contributed by atoms with Crippen LogP contribution >= 0.6 is 23.1 Å². The van der Waals surface area contributed by atoms with Crippen LogP contribution in [0.25, 0.3) is 11.0 Å². The van der Waals surface area contributed by atoms with Crippen molar-refractivity contribution in [3.8, 4) is 5.75 Å². The highest BCUT2D eigenvalue weighted by Gasteiger charge is 2.28. The second kappa shape index (κ2) is 14.4. The standard InChI is InChI=1S/C34H45BrN9O2P/c1-6-23-20-28(30(46-3)21-29(23)44-14-10-24(11-15-44)43-18-16-42(7-2)17-19-43)40-34-38-22-25(35)33(41-34)39-27-9-8-26-31(37-13-12-36-26)32(27)47(4,5)45/h8-9,12-13,20-22,24H,6-7,10-11,14-19H2,1-5H3,(H2,38,39,40,41). The van der Waals surface area contributed by atoms with Crippen molar-refractivity contribution in [2.24, 2.45) is 0 Å². The number of methoxy groups -OCH3 is 1. The Morgan fingerprint density at radius 2 is 1.70 bits per heavy atom. The smallest absolute Gasteiger partial charge is 0.229 e. The summed E-state index contributed by atoms with van der Waals surface area (Å²) in [5.41, 5.74) is 5.27. The summed E-state index contributed by atoms with van der Waals surface area (Å²) in [5, 5.41) is 7.41. The molecule has 4 aromatic rings. The van der Waals surface area contributed by atoms with E-state index in [0.29, 0.717) is 44.3 Å². The lowest BCUT2D eigenvalue weighted by Gasteiger charge is -2.43. The minimum absolute atomic E-state index is 0.408. The highest BCUT2D eigenvalue weighted by molar-refractivity contribution is 9.10. The second-order valence-corrected chi connectivity index (χ2v) is 16.6. The summed E-state index contributed by atoms with van der Waals surface area (Å²) in [4.78, 5) is 26.0. The van der Waals surface area contributed by atoms with Gasteiger partial charge in [-0.3, -0.25) is 14.9 Å². The number of piperidine rings is 1. The van der Waals surface area contributed by atoms with Crippen molar-refractivity contribution >= 4 is 68.2 Å². The molecule has 2 aromatic heterocycles. The maximum atomic E-state index is 13.4. The number of nitrogens with one attached hydrogen (secondary N) is 2. The van der Waals surface area contributed by atoms with Gasteiger partial charge in [0.25, 0.3) is 0 Å². The molecule has 2 aliphatic rings. The predicted molar refractivity (Wildman–Crippen MR) is 196 cm³/mol. The van der Waals surface area contributed by atoms with Crippen molar-refractivity contribution < 1.29 is 9.30 Å². The second-order valence-electron chi connectivity index (χ2n) is 12.6. The number of hydrogen-bond donors (Lipinski definition) is 2. The zero-order valence-electron chi connectivity index (χ0n) is 28.0. The Kier molecular flexibility index (Phi) is 10.3. The van der Waals surface area contributed by atoms with Crippen molar-refractivity contribution in [2.45, 2.75) is 39.2 Å². The number of hydrogen-bond acceptors (Lipinski definition) is 11. The van der Waals surface area contributed by atoms with E-state index in [1.54, 1.807) is 39.0 Å². The van der Waals surface area contributed by atoms with E-state index in [-0.39, 0.29) is 0 Å². The quantitative estimate of drug-likeness (QED) is 0.186. The number of halogens is 1. The van der Waals surface area contributed by atoms with Gasteiger partial charge in [-0.15, -0.1) is 0 Å². The summed E-state index contributed by atoms with van der Waals surface area (Å²) in [5.74, 6) is 1.68. The normalized spacial score (nSPS) is 16.9. The van der Waals surface area contributed by atoms with E-state index in [0.717, 1.165) is 37.5 Å². The van der Waals surface area contributed by atoms with Gasteiger partial charge in [0, 0.05) is 75.7 Å². The fourth-order valence-corrected chi connectivity index (χ4v) is 8.49. The number of benzene rings is 2. The third-order valence-corrected chi connectivity index (χ3v) is 11.5. The van der Waals surface area contributed by atoms with Crippen LogP contribution in [0.1, 0.15) is 32.3 Å². The molecule has 0 radical (unpaired) electrons. The Morgan fingerprint density at radius 3 is 2.38 bits per heavy atom. The topological polar surface area (TPSA) is 112 Å². The van der Waals surface area contributed by atoms with E-state index in [2.05, 4.69) is 82.2 Å². The highest BCUT2D eigenvalue weighted by Crippen LogP contribution is 2.42. The summed E-state index contributed by atoms with van der Waals surface area (Å²) in [6, 6.07) is 8.72. The van der Waals surface area contributed by atoms with E-state index in [4.69, 9.17) is 9.72 Å². The zero-order valence-corrected chi connectivity index (χ0v) is 30.4. The molecule has 2 N–H and O–H groups in total. The van der Waals surface area contributed by atoms with E-state index in [9.17, 15) is 4.57 Å². The molecule has 0 amide bonds. The van der Waals surface area contributed by atoms with Crippen LogP contribution in [-0.4, -0.2) is 102 Å². The first-order valence-corrected chi connectivity index (χ1v) is 19.9. The number of anilines is 5. The van der Waals surface area contributed by atoms with Gasteiger partial charge in [0.15, 0.2) is 0 Å². The van der Waals surface area contributed by atoms with Gasteiger partial charge in [-0.1, -0.05) is 13.8 Å². The van der Waals surface area contributed by atoms with Crippen molar-refractivity contribution in [1.82, 2.24) is 29.7 Å². The first-order valence-electron chi connectivity index (χ1n) is 16.5. The minimum atomic E-state index is -2.73. The fraction of sp³-hybridized carbons (Fsp3) is 0.471. The van der Waals surface area contributed by atoms with Crippen molar-refractivity contribution in [3.63, 3.8) is 0 Å². The lowest BCUT2D eigenvalue weighted by Crippen LogP contribution is -2.53. The Bertz CT molecular complexity index is 1770. The molecule has 0 saturated carbocycles. The number of nitrogens with zero attached hydrogens (tertiary/aromatic N) is 7. The first kappa shape index (κ1) is 33.6. The fourth-order valence-electron chi connectivity index (χ4n) is 6.81. The molecule has 0 bridgehead atoms. The number of aromatic nitrogens is 4.